The predicted molar refractivity (Wildman–Crippen MR) is 105 cm³/mol. The molecule has 0 radical (unpaired) electrons. The largest absolute Gasteiger partial charge is 0.505 e. The number of aromatic hydroxyl groups is 1. The number of carbonyl (C=O) groups is 2. The van der Waals surface area contributed by atoms with E-state index in [-0.39, 0.29) is 23.6 Å². The maximum atomic E-state index is 13.1. The molecule has 1 atom stereocenters. The minimum absolute atomic E-state index is 0.0545. The Morgan fingerprint density at radius 2 is 2.04 bits per heavy atom. The van der Waals surface area contributed by atoms with E-state index in [1.807, 2.05) is 30.9 Å². The van der Waals surface area contributed by atoms with Gasteiger partial charge in [-0.15, -0.1) is 0 Å². The number of hydrogen-bond donors (Lipinski definition) is 2. The topological polar surface area (TPSA) is 82.5 Å². The maximum absolute atomic E-state index is 13.1. The van der Waals surface area contributed by atoms with Crippen molar-refractivity contribution < 1.29 is 14.7 Å². The smallest absolute Gasteiger partial charge is 0.272 e. The molecule has 1 aromatic heterocycles. The molecule has 2 heterocycles. The van der Waals surface area contributed by atoms with Gasteiger partial charge in [-0.05, 0) is 56.7 Å². The third-order valence-electron chi connectivity index (χ3n) is 5.31. The molecule has 0 saturated carbocycles. The van der Waals surface area contributed by atoms with Crippen molar-refractivity contribution in [3.05, 3.63) is 35.0 Å². The molecule has 6 nitrogen and oxygen atoms in total. The third kappa shape index (κ3) is 4.04. The van der Waals surface area contributed by atoms with E-state index in [1.54, 1.807) is 6.07 Å². The van der Waals surface area contributed by atoms with Crippen molar-refractivity contribution >= 4 is 22.7 Å². The number of phenols is 1. The zero-order valence-corrected chi connectivity index (χ0v) is 16.2. The molecule has 3 rings (SSSR count). The molecule has 0 aliphatic carbocycles. The number of aromatic nitrogens is 1. The number of likely N-dealkylation sites (tertiary alicyclic amines) is 1. The molecule has 2 aromatic rings. The van der Waals surface area contributed by atoms with Gasteiger partial charge in [0.25, 0.3) is 5.91 Å². The van der Waals surface area contributed by atoms with Crippen LogP contribution in [0.5, 0.6) is 5.75 Å². The van der Waals surface area contributed by atoms with Gasteiger partial charge in [0, 0.05) is 31.4 Å². The number of pyridine rings is 1. The fourth-order valence-corrected chi connectivity index (χ4v) is 3.86. The van der Waals surface area contributed by atoms with Crippen LogP contribution < -0.4 is 5.32 Å². The molecule has 2 amide bonds. The number of fused-ring (bicyclic) bond motifs is 1. The first-order valence-corrected chi connectivity index (χ1v) is 9.54. The number of nitrogens with zero attached hydrogens (tertiary/aromatic N) is 2. The fourth-order valence-electron chi connectivity index (χ4n) is 3.86. The van der Waals surface area contributed by atoms with Crippen LogP contribution in [0.1, 0.15) is 54.2 Å². The van der Waals surface area contributed by atoms with Crippen LogP contribution in [0.3, 0.4) is 0 Å². The summed E-state index contributed by atoms with van der Waals surface area (Å²) in [7, 11) is 0. The summed E-state index contributed by atoms with van der Waals surface area (Å²) in [5.41, 5.74) is 2.61. The predicted octanol–water partition coefficient (Wildman–Crippen LogP) is 3.08. The van der Waals surface area contributed by atoms with Crippen molar-refractivity contribution in [2.45, 2.75) is 52.5 Å². The van der Waals surface area contributed by atoms with Crippen LogP contribution in [0.2, 0.25) is 0 Å². The molecule has 1 aromatic carbocycles. The monoisotopic (exact) mass is 369 g/mol. The van der Waals surface area contributed by atoms with Crippen LogP contribution in [-0.4, -0.2) is 45.9 Å². The van der Waals surface area contributed by atoms with E-state index in [4.69, 9.17) is 0 Å². The van der Waals surface area contributed by atoms with Gasteiger partial charge >= 0.3 is 0 Å². The molecule has 1 saturated heterocycles. The zero-order valence-electron chi connectivity index (χ0n) is 16.2. The highest BCUT2D eigenvalue weighted by Crippen LogP contribution is 2.30. The molecule has 0 unspecified atom stereocenters. The van der Waals surface area contributed by atoms with Crippen LogP contribution in [0, 0.1) is 13.8 Å². The number of rotatable bonds is 4. The van der Waals surface area contributed by atoms with Gasteiger partial charge in [0.2, 0.25) is 5.91 Å². The molecule has 1 fully saturated rings. The van der Waals surface area contributed by atoms with E-state index < -0.39 is 0 Å². The van der Waals surface area contributed by atoms with Crippen LogP contribution in [-0.2, 0) is 4.79 Å². The first-order valence-electron chi connectivity index (χ1n) is 9.54. The van der Waals surface area contributed by atoms with E-state index in [2.05, 4.69) is 10.3 Å². The van der Waals surface area contributed by atoms with Crippen LogP contribution in [0.4, 0.5) is 0 Å². The molecule has 144 valence electrons. The highest BCUT2D eigenvalue weighted by atomic mass is 16.3. The molecule has 1 aliphatic heterocycles. The summed E-state index contributed by atoms with van der Waals surface area (Å²) in [5, 5.41) is 14.1. The Kier molecular flexibility index (Phi) is 5.63. The highest BCUT2D eigenvalue weighted by Gasteiger charge is 2.28. The summed E-state index contributed by atoms with van der Waals surface area (Å²) in [6.07, 6.45) is 3.73. The Morgan fingerprint density at radius 3 is 2.78 bits per heavy atom. The number of benzene rings is 1. The first kappa shape index (κ1) is 19.1. The highest BCUT2D eigenvalue weighted by molar-refractivity contribution is 5.97. The minimum atomic E-state index is -0.108. The minimum Gasteiger partial charge on any atom is -0.505 e. The Hall–Kier alpha value is -2.63. The van der Waals surface area contributed by atoms with Crippen LogP contribution in [0.15, 0.2) is 18.2 Å². The summed E-state index contributed by atoms with van der Waals surface area (Å²) in [6.45, 7) is 6.57. The SMILES string of the molecule is CC(=O)NCC[C@H]1CCCCN1C(=O)c1ccc2c(C)cc(C)c(O)c2n1. The lowest BCUT2D eigenvalue weighted by Gasteiger charge is -2.35. The molecule has 0 bridgehead atoms. The lowest BCUT2D eigenvalue weighted by molar-refractivity contribution is -0.119. The quantitative estimate of drug-likeness (QED) is 0.868. The molecule has 27 heavy (non-hydrogen) atoms. The van der Waals surface area contributed by atoms with Gasteiger partial charge in [0.05, 0.1) is 0 Å². The van der Waals surface area contributed by atoms with Gasteiger partial charge < -0.3 is 15.3 Å². The zero-order chi connectivity index (χ0) is 19.6. The second kappa shape index (κ2) is 7.94. The number of phenolic OH excluding ortho intramolecular Hbond substituents is 1. The molecule has 6 heteroatoms. The Morgan fingerprint density at radius 1 is 1.26 bits per heavy atom. The average molecular weight is 369 g/mol. The van der Waals surface area contributed by atoms with Gasteiger partial charge in [-0.2, -0.15) is 0 Å². The molecule has 0 spiro atoms. The summed E-state index contributed by atoms with van der Waals surface area (Å²) in [5.74, 6) is -0.0322. The maximum Gasteiger partial charge on any atom is 0.272 e. The Bertz CT molecular complexity index is 879. The number of piperidine rings is 1. The standard InChI is InChI=1S/C21H27N3O3/c1-13-12-14(2)20(26)19-17(13)7-8-18(23-19)21(27)24-11-5-4-6-16(24)9-10-22-15(3)25/h7-8,12,16,26H,4-6,9-11H2,1-3H3,(H,22,25)/t16-/m1/s1. The Labute approximate surface area is 159 Å². The summed E-state index contributed by atoms with van der Waals surface area (Å²) in [6, 6.07) is 5.62. The summed E-state index contributed by atoms with van der Waals surface area (Å²) in [4.78, 5) is 30.6. The first-order chi connectivity index (χ1) is 12.9. The van der Waals surface area contributed by atoms with Gasteiger partial charge in [-0.3, -0.25) is 9.59 Å². The fraction of sp³-hybridized carbons (Fsp3) is 0.476. The van der Waals surface area contributed by atoms with Crippen molar-refractivity contribution in [1.82, 2.24) is 15.2 Å². The summed E-state index contributed by atoms with van der Waals surface area (Å²) < 4.78 is 0. The normalized spacial score (nSPS) is 17.1. The number of carbonyl (C=O) groups excluding carboxylic acids is 2. The average Bonchev–Trinajstić information content (AvgIpc) is 2.65. The van der Waals surface area contributed by atoms with Crippen molar-refractivity contribution in [3.8, 4) is 5.75 Å². The van der Waals surface area contributed by atoms with Gasteiger partial charge in [-0.25, -0.2) is 4.98 Å². The van der Waals surface area contributed by atoms with Gasteiger partial charge in [-0.1, -0.05) is 12.1 Å². The molecular weight excluding hydrogens is 342 g/mol. The van der Waals surface area contributed by atoms with Crippen molar-refractivity contribution in [3.63, 3.8) is 0 Å². The van der Waals surface area contributed by atoms with Crippen LogP contribution >= 0.6 is 0 Å². The number of amides is 2. The number of aryl methyl sites for hydroxylation is 2. The second-order valence-electron chi connectivity index (χ2n) is 7.37. The number of nitrogens with one attached hydrogen (secondary N) is 1. The summed E-state index contributed by atoms with van der Waals surface area (Å²) >= 11 is 0. The van der Waals surface area contributed by atoms with Gasteiger partial charge in [0.1, 0.15) is 17.0 Å². The van der Waals surface area contributed by atoms with Crippen molar-refractivity contribution in [2.75, 3.05) is 13.1 Å². The van der Waals surface area contributed by atoms with Crippen molar-refractivity contribution in [2.24, 2.45) is 0 Å². The van der Waals surface area contributed by atoms with E-state index in [0.29, 0.717) is 24.3 Å². The number of hydrogen-bond acceptors (Lipinski definition) is 4. The van der Waals surface area contributed by atoms with Gasteiger partial charge in [0.15, 0.2) is 0 Å². The molecule has 1 aliphatic rings. The van der Waals surface area contributed by atoms with E-state index in [9.17, 15) is 14.7 Å². The van der Waals surface area contributed by atoms with E-state index >= 15 is 0 Å². The van der Waals surface area contributed by atoms with Crippen molar-refractivity contribution in [1.29, 1.82) is 0 Å². The molecular formula is C21H27N3O3. The van der Waals surface area contributed by atoms with E-state index in [1.165, 1.54) is 6.92 Å². The third-order valence-corrected chi connectivity index (χ3v) is 5.31. The lowest BCUT2D eigenvalue weighted by Crippen LogP contribution is -2.45. The van der Waals surface area contributed by atoms with E-state index in [0.717, 1.165) is 42.2 Å². The Balaban J connectivity index is 1.86. The lowest BCUT2D eigenvalue weighted by atomic mass is 9.98. The van der Waals surface area contributed by atoms with Crippen LogP contribution in [0.25, 0.3) is 10.9 Å². The molecule has 2 N–H and O–H groups in total. The second-order valence-corrected chi connectivity index (χ2v) is 7.37.